The van der Waals surface area contributed by atoms with E-state index in [2.05, 4.69) is 27.7 Å². The number of hydrogen-bond acceptors (Lipinski definition) is 12. The van der Waals surface area contributed by atoms with E-state index < -0.39 is 5.41 Å². The summed E-state index contributed by atoms with van der Waals surface area (Å²) in [5, 5.41) is 2.30. The van der Waals surface area contributed by atoms with Crippen LogP contribution in [-0.4, -0.2) is 85.5 Å². The molecule has 12 heteroatoms. The minimum atomic E-state index is -0.889. The number of rotatable bonds is 20. The molecule has 0 N–H and O–H groups in total. The van der Waals surface area contributed by atoms with Crippen LogP contribution in [0.3, 0.4) is 0 Å². The van der Waals surface area contributed by atoms with Crippen molar-refractivity contribution < 1.29 is 19.2 Å². The van der Waals surface area contributed by atoms with Crippen molar-refractivity contribution in [1.82, 2.24) is 0 Å². The van der Waals surface area contributed by atoms with E-state index in [-0.39, 0.29) is 48.8 Å². The molecule has 0 aliphatic carbocycles. The molecule has 37 heavy (non-hydrogen) atoms. The van der Waals surface area contributed by atoms with Crippen LogP contribution in [0.25, 0.3) is 0 Å². The molecular formula is C25H36O4S8. The van der Waals surface area contributed by atoms with Gasteiger partial charge in [0.05, 0.1) is 41.3 Å². The lowest BCUT2D eigenvalue weighted by atomic mass is 9.71. The predicted molar refractivity (Wildman–Crippen MR) is 174 cm³/mol. The molecule has 0 bridgehead atoms. The van der Waals surface area contributed by atoms with Crippen LogP contribution >= 0.6 is 94.1 Å². The average Bonchev–Trinajstić information content (AvgIpc) is 3.67. The number of ketones is 4. The molecule has 0 radical (unpaired) electrons. The van der Waals surface area contributed by atoms with Crippen molar-refractivity contribution in [3.63, 3.8) is 0 Å². The molecule has 8 atom stereocenters. The summed E-state index contributed by atoms with van der Waals surface area (Å²) < 4.78 is 1.84. The molecule has 208 valence electrons. The molecular weight excluding hydrogens is 621 g/mol. The maximum Gasteiger partial charge on any atom is 0.143 e. The molecule has 0 aromatic carbocycles. The summed E-state index contributed by atoms with van der Waals surface area (Å²) in [5.41, 5.74) is -0.889. The molecule has 4 aliphatic heterocycles. The van der Waals surface area contributed by atoms with E-state index in [0.717, 1.165) is 0 Å². The SMILES string of the molecule is C[C@@H]1SC1SCC(=O)CC(CC(=O)CSC1S[C@H]1C)(CC(=O)CSC1S[C@@H]1C)CC(=O)CSC1S[C@@H]1C. The zero-order valence-corrected chi connectivity index (χ0v) is 28.2. The quantitative estimate of drug-likeness (QED) is 0.133. The van der Waals surface area contributed by atoms with Crippen molar-refractivity contribution in [2.45, 2.75) is 92.7 Å². The van der Waals surface area contributed by atoms with Crippen molar-refractivity contribution in [2.75, 3.05) is 23.0 Å². The van der Waals surface area contributed by atoms with Gasteiger partial charge in [0, 0.05) is 46.7 Å². The minimum absolute atomic E-state index is 0.0650. The first-order chi connectivity index (χ1) is 17.5. The van der Waals surface area contributed by atoms with Crippen LogP contribution in [-0.2, 0) is 19.2 Å². The third-order valence-corrected chi connectivity index (χ3v) is 19.4. The highest BCUT2D eigenvalue weighted by Crippen LogP contribution is 2.51. The Labute approximate surface area is 255 Å². The van der Waals surface area contributed by atoms with Gasteiger partial charge in [-0.15, -0.1) is 94.1 Å². The van der Waals surface area contributed by atoms with Gasteiger partial charge in [0.25, 0.3) is 0 Å². The predicted octanol–water partition coefficient (Wildman–Crippen LogP) is 6.59. The Hall–Kier alpha value is 1.48. The lowest BCUT2D eigenvalue weighted by Gasteiger charge is -2.32. The van der Waals surface area contributed by atoms with Gasteiger partial charge in [0.15, 0.2) is 0 Å². The van der Waals surface area contributed by atoms with Crippen LogP contribution in [0.1, 0.15) is 53.4 Å². The molecule has 4 aliphatic rings. The molecule has 0 aromatic heterocycles. The van der Waals surface area contributed by atoms with Gasteiger partial charge in [0.1, 0.15) is 23.1 Å². The monoisotopic (exact) mass is 656 g/mol. The zero-order valence-electron chi connectivity index (χ0n) is 21.7. The van der Waals surface area contributed by atoms with E-state index in [1.807, 2.05) is 47.0 Å². The third kappa shape index (κ3) is 11.0. The third-order valence-electron chi connectivity index (χ3n) is 6.54. The zero-order chi connectivity index (χ0) is 26.7. The molecule has 4 saturated heterocycles. The van der Waals surface area contributed by atoms with Gasteiger partial charge < -0.3 is 0 Å². The number of hydrogen-bond donors (Lipinski definition) is 0. The second-order valence-corrected chi connectivity index (χ2v) is 22.3. The van der Waals surface area contributed by atoms with Gasteiger partial charge >= 0.3 is 0 Å². The highest BCUT2D eigenvalue weighted by Gasteiger charge is 2.43. The van der Waals surface area contributed by atoms with Crippen molar-refractivity contribution >= 4 is 117 Å². The lowest BCUT2D eigenvalue weighted by molar-refractivity contribution is -0.127. The van der Waals surface area contributed by atoms with Gasteiger partial charge in [-0.25, -0.2) is 0 Å². The van der Waals surface area contributed by atoms with Crippen LogP contribution in [0, 0.1) is 5.41 Å². The number of carbonyl (C=O) groups excluding carboxylic acids is 4. The first-order valence-corrected chi connectivity index (χ1v) is 20.7. The number of Topliss-reactive ketones (excluding diaryl/α,β-unsaturated/α-hetero) is 4. The maximum absolute atomic E-state index is 13.2. The van der Waals surface area contributed by atoms with Crippen molar-refractivity contribution in [3.8, 4) is 0 Å². The summed E-state index contributed by atoms with van der Waals surface area (Å²) in [4.78, 5) is 52.8. The van der Waals surface area contributed by atoms with E-state index in [1.54, 1.807) is 47.0 Å². The van der Waals surface area contributed by atoms with Crippen LogP contribution < -0.4 is 0 Å². The second-order valence-electron chi connectivity index (χ2n) is 10.4. The van der Waals surface area contributed by atoms with Crippen molar-refractivity contribution in [3.05, 3.63) is 0 Å². The maximum atomic E-state index is 13.2. The summed E-state index contributed by atoms with van der Waals surface area (Å²) in [6.07, 6.45) is 0.582. The first kappa shape index (κ1) is 31.4. The molecule has 0 aromatic rings. The summed E-state index contributed by atoms with van der Waals surface area (Å²) in [6, 6.07) is 0. The summed E-state index contributed by atoms with van der Waals surface area (Å²) >= 11 is 14.1. The van der Waals surface area contributed by atoms with Crippen LogP contribution in [0.2, 0.25) is 0 Å². The fraction of sp³-hybridized carbons (Fsp3) is 0.840. The van der Waals surface area contributed by atoms with Crippen LogP contribution in [0.4, 0.5) is 0 Å². The van der Waals surface area contributed by atoms with E-state index in [1.165, 1.54) is 0 Å². The Kier molecular flexibility index (Phi) is 12.0. The van der Waals surface area contributed by atoms with E-state index in [4.69, 9.17) is 0 Å². The van der Waals surface area contributed by atoms with Crippen LogP contribution in [0.15, 0.2) is 0 Å². The molecule has 4 rings (SSSR count). The van der Waals surface area contributed by atoms with Crippen molar-refractivity contribution in [1.29, 1.82) is 0 Å². The molecule has 0 spiro atoms. The van der Waals surface area contributed by atoms with Crippen LogP contribution in [0.5, 0.6) is 0 Å². The molecule has 0 amide bonds. The van der Waals surface area contributed by atoms with Gasteiger partial charge in [-0.05, 0) is 5.41 Å². The summed E-state index contributed by atoms with van der Waals surface area (Å²) in [5.74, 6) is 1.82. The Bertz CT molecular complexity index is 743. The normalized spacial score (nSPS) is 34.9. The summed E-state index contributed by atoms with van der Waals surface area (Å²) in [7, 11) is 0. The fourth-order valence-corrected chi connectivity index (χ4v) is 13.7. The smallest absolute Gasteiger partial charge is 0.143 e. The number of carbonyl (C=O) groups is 4. The fourth-order valence-electron chi connectivity index (χ4n) is 4.32. The lowest BCUT2D eigenvalue weighted by Crippen LogP contribution is -2.35. The largest absolute Gasteiger partial charge is 0.299 e. The second kappa shape index (κ2) is 14.1. The number of thioether (sulfide) groups is 8. The standard InChI is InChI=1S/C25H36O4S8/c1-13-21(34-13)30-9-17(26)5-25(6-18(27)10-31-22-14(2)35-22,7-19(28)11-32-23-15(3)36-23)8-20(29)12-33-24-16(4)37-24/h13-16,21-24H,5-12H2,1-4H3/t13-,14-,15+,16+,21?,22?,23?,24?,25?. The molecule has 0 saturated carbocycles. The molecule has 4 heterocycles. The topological polar surface area (TPSA) is 68.3 Å². The van der Waals surface area contributed by atoms with Crippen molar-refractivity contribution in [2.24, 2.45) is 5.41 Å². The minimum Gasteiger partial charge on any atom is -0.299 e. The van der Waals surface area contributed by atoms with Gasteiger partial charge in [-0.3, -0.25) is 19.2 Å². The highest BCUT2D eigenvalue weighted by atomic mass is 32.2. The summed E-state index contributed by atoms with van der Waals surface area (Å²) in [6.45, 7) is 8.66. The first-order valence-electron chi connectivity index (χ1n) is 12.7. The average molecular weight is 657 g/mol. The Balaban J connectivity index is 1.42. The van der Waals surface area contributed by atoms with Gasteiger partial charge in [0.2, 0.25) is 0 Å². The molecule has 4 nitrogen and oxygen atoms in total. The highest BCUT2D eigenvalue weighted by molar-refractivity contribution is 8.25. The Morgan fingerprint density at radius 1 is 0.486 bits per heavy atom. The van der Waals surface area contributed by atoms with Gasteiger partial charge in [-0.1, -0.05) is 27.7 Å². The van der Waals surface area contributed by atoms with Gasteiger partial charge in [-0.2, -0.15) is 0 Å². The Morgan fingerprint density at radius 3 is 0.838 bits per heavy atom. The Morgan fingerprint density at radius 2 is 0.676 bits per heavy atom. The van der Waals surface area contributed by atoms with E-state index in [9.17, 15) is 19.2 Å². The van der Waals surface area contributed by atoms with E-state index in [0.29, 0.717) is 62.3 Å². The van der Waals surface area contributed by atoms with E-state index >= 15 is 0 Å². The molecule has 4 fully saturated rings. The molecule has 4 unspecified atom stereocenters.